The second-order valence-corrected chi connectivity index (χ2v) is 7.19. The Labute approximate surface area is 114 Å². The van der Waals surface area contributed by atoms with Gasteiger partial charge in [0.05, 0.1) is 4.34 Å². The van der Waals surface area contributed by atoms with Gasteiger partial charge in [-0.2, -0.15) is 0 Å². The van der Waals surface area contributed by atoms with Crippen molar-refractivity contribution in [1.29, 1.82) is 0 Å². The number of hydrogen-bond acceptors (Lipinski definition) is 5. The van der Waals surface area contributed by atoms with Gasteiger partial charge in [0, 0.05) is 11.4 Å². The number of hydrogen-bond donors (Lipinski definition) is 1. The Morgan fingerprint density at radius 2 is 2.17 bits per heavy atom. The lowest BCUT2D eigenvalue weighted by Crippen LogP contribution is -2.23. The van der Waals surface area contributed by atoms with Gasteiger partial charge in [-0.3, -0.25) is 0 Å². The van der Waals surface area contributed by atoms with Crippen LogP contribution in [0.3, 0.4) is 0 Å². The smallest absolute Gasteiger partial charge is 0.246 e. The standard InChI is InChI=1S/C10H11ClN2O3S2/c1-6-10(7(2)16-13-6)18(14,15)12-5-8-3-4-9(11)17-8/h3-4,12H,5H2,1-2H3. The van der Waals surface area contributed by atoms with E-state index in [9.17, 15) is 8.42 Å². The highest BCUT2D eigenvalue weighted by Crippen LogP contribution is 2.23. The van der Waals surface area contributed by atoms with Gasteiger partial charge in [0.1, 0.15) is 10.6 Å². The highest BCUT2D eigenvalue weighted by Gasteiger charge is 2.23. The van der Waals surface area contributed by atoms with E-state index in [0.29, 0.717) is 10.0 Å². The molecule has 0 aliphatic heterocycles. The van der Waals surface area contributed by atoms with Crippen molar-refractivity contribution in [2.45, 2.75) is 25.3 Å². The average molecular weight is 307 g/mol. The molecule has 2 aromatic heterocycles. The number of nitrogens with one attached hydrogen (secondary N) is 1. The van der Waals surface area contributed by atoms with Crippen LogP contribution in [0, 0.1) is 13.8 Å². The van der Waals surface area contributed by atoms with Crippen molar-refractivity contribution >= 4 is 33.0 Å². The zero-order valence-electron chi connectivity index (χ0n) is 9.73. The van der Waals surface area contributed by atoms with E-state index in [1.807, 2.05) is 0 Å². The van der Waals surface area contributed by atoms with Gasteiger partial charge >= 0.3 is 0 Å². The van der Waals surface area contributed by atoms with Crippen LogP contribution in [0.15, 0.2) is 21.6 Å². The zero-order chi connectivity index (χ0) is 13.3. The van der Waals surface area contributed by atoms with Crippen molar-refractivity contribution in [3.05, 3.63) is 32.8 Å². The molecule has 0 fully saturated rings. The minimum Gasteiger partial charge on any atom is -0.360 e. The van der Waals surface area contributed by atoms with Gasteiger partial charge in [-0.05, 0) is 26.0 Å². The summed E-state index contributed by atoms with van der Waals surface area (Å²) in [5, 5.41) is 3.63. The van der Waals surface area contributed by atoms with Gasteiger partial charge in [-0.1, -0.05) is 16.8 Å². The lowest BCUT2D eigenvalue weighted by atomic mass is 10.4. The first-order valence-electron chi connectivity index (χ1n) is 5.07. The van der Waals surface area contributed by atoms with Crippen LogP contribution < -0.4 is 4.72 Å². The Morgan fingerprint density at radius 3 is 2.67 bits per heavy atom. The summed E-state index contributed by atoms with van der Waals surface area (Å²) in [6, 6.07) is 3.51. The fraction of sp³-hybridized carbons (Fsp3) is 0.300. The van der Waals surface area contributed by atoms with Crippen LogP contribution in [0.25, 0.3) is 0 Å². The van der Waals surface area contributed by atoms with Crippen molar-refractivity contribution in [2.75, 3.05) is 0 Å². The van der Waals surface area contributed by atoms with E-state index >= 15 is 0 Å². The molecule has 0 unspecified atom stereocenters. The molecular formula is C10H11ClN2O3S2. The summed E-state index contributed by atoms with van der Waals surface area (Å²) in [5.74, 6) is 0.282. The molecule has 0 spiro atoms. The molecule has 0 saturated carbocycles. The van der Waals surface area contributed by atoms with Gasteiger partial charge in [0.15, 0.2) is 5.76 Å². The summed E-state index contributed by atoms with van der Waals surface area (Å²) in [6.07, 6.45) is 0. The normalized spacial score (nSPS) is 11.9. The van der Waals surface area contributed by atoms with Crippen LogP contribution in [0.2, 0.25) is 4.34 Å². The molecule has 98 valence electrons. The van der Waals surface area contributed by atoms with Crippen LogP contribution in [0.1, 0.15) is 16.3 Å². The molecule has 0 amide bonds. The Morgan fingerprint density at radius 1 is 1.44 bits per heavy atom. The SMILES string of the molecule is Cc1noc(C)c1S(=O)(=O)NCc1ccc(Cl)s1. The van der Waals surface area contributed by atoms with E-state index in [0.717, 1.165) is 4.88 Å². The Bertz CT molecular complexity index is 641. The number of aromatic nitrogens is 1. The molecule has 2 heterocycles. The monoisotopic (exact) mass is 306 g/mol. The molecule has 0 atom stereocenters. The fourth-order valence-electron chi connectivity index (χ4n) is 1.54. The Kier molecular flexibility index (Phi) is 3.76. The summed E-state index contributed by atoms with van der Waals surface area (Å²) in [6.45, 7) is 3.35. The molecule has 0 radical (unpaired) electrons. The average Bonchev–Trinajstić information content (AvgIpc) is 2.83. The fourth-order valence-corrected chi connectivity index (χ4v) is 3.99. The maximum atomic E-state index is 12.1. The molecular weight excluding hydrogens is 296 g/mol. The van der Waals surface area contributed by atoms with E-state index in [2.05, 4.69) is 9.88 Å². The van der Waals surface area contributed by atoms with Gasteiger partial charge in [-0.15, -0.1) is 11.3 Å². The molecule has 0 aromatic carbocycles. The number of aryl methyl sites for hydroxylation is 2. The van der Waals surface area contributed by atoms with Crippen LogP contribution in [-0.2, 0) is 16.6 Å². The molecule has 2 rings (SSSR count). The van der Waals surface area contributed by atoms with Crippen molar-refractivity contribution in [1.82, 2.24) is 9.88 Å². The minimum absolute atomic E-state index is 0.102. The van der Waals surface area contributed by atoms with Crippen molar-refractivity contribution in [3.63, 3.8) is 0 Å². The highest BCUT2D eigenvalue weighted by atomic mass is 35.5. The number of nitrogens with zero attached hydrogens (tertiary/aromatic N) is 1. The number of thiophene rings is 1. The number of halogens is 1. The summed E-state index contributed by atoms with van der Waals surface area (Å²) < 4.78 is 32.1. The van der Waals surface area contributed by atoms with Gasteiger partial charge < -0.3 is 4.52 Å². The first-order valence-corrected chi connectivity index (χ1v) is 7.74. The Balaban J connectivity index is 2.18. The third-order valence-corrected chi connectivity index (χ3v) is 5.18. The van der Waals surface area contributed by atoms with E-state index in [4.69, 9.17) is 16.1 Å². The summed E-state index contributed by atoms with van der Waals surface area (Å²) in [4.78, 5) is 0.945. The van der Waals surface area contributed by atoms with Crippen molar-refractivity contribution < 1.29 is 12.9 Å². The number of sulfonamides is 1. The zero-order valence-corrected chi connectivity index (χ0v) is 12.1. The van der Waals surface area contributed by atoms with Crippen LogP contribution >= 0.6 is 22.9 Å². The van der Waals surface area contributed by atoms with Gasteiger partial charge in [0.25, 0.3) is 0 Å². The van der Waals surface area contributed by atoms with E-state index in [-0.39, 0.29) is 17.2 Å². The van der Waals surface area contributed by atoms with Crippen molar-refractivity contribution in [3.8, 4) is 0 Å². The second kappa shape index (κ2) is 5.00. The molecule has 5 nitrogen and oxygen atoms in total. The largest absolute Gasteiger partial charge is 0.360 e. The predicted octanol–water partition coefficient (Wildman–Crippen LogP) is 2.48. The summed E-state index contributed by atoms with van der Waals surface area (Å²) >= 11 is 7.11. The third kappa shape index (κ3) is 2.74. The quantitative estimate of drug-likeness (QED) is 0.942. The molecule has 0 aliphatic carbocycles. The second-order valence-electron chi connectivity index (χ2n) is 3.68. The Hall–Kier alpha value is -0.890. The van der Waals surface area contributed by atoms with Crippen LogP contribution in [0.4, 0.5) is 0 Å². The summed E-state index contributed by atoms with van der Waals surface area (Å²) in [7, 11) is -3.61. The highest BCUT2D eigenvalue weighted by molar-refractivity contribution is 7.89. The molecule has 2 aromatic rings. The first-order chi connectivity index (χ1) is 8.40. The molecule has 18 heavy (non-hydrogen) atoms. The lowest BCUT2D eigenvalue weighted by Gasteiger charge is -2.04. The number of rotatable bonds is 4. The summed E-state index contributed by atoms with van der Waals surface area (Å²) in [5.41, 5.74) is 0.351. The topological polar surface area (TPSA) is 72.2 Å². The van der Waals surface area contributed by atoms with E-state index in [1.165, 1.54) is 11.3 Å². The molecule has 8 heteroatoms. The van der Waals surface area contributed by atoms with Crippen LogP contribution in [0.5, 0.6) is 0 Å². The molecule has 0 saturated heterocycles. The maximum absolute atomic E-state index is 12.1. The molecule has 0 bridgehead atoms. The van der Waals surface area contributed by atoms with Crippen LogP contribution in [-0.4, -0.2) is 13.6 Å². The lowest BCUT2D eigenvalue weighted by molar-refractivity contribution is 0.390. The van der Waals surface area contributed by atoms with Gasteiger partial charge in [0.2, 0.25) is 10.0 Å². The minimum atomic E-state index is -3.61. The van der Waals surface area contributed by atoms with E-state index in [1.54, 1.807) is 26.0 Å². The van der Waals surface area contributed by atoms with Gasteiger partial charge in [-0.25, -0.2) is 13.1 Å². The van der Waals surface area contributed by atoms with E-state index < -0.39 is 10.0 Å². The van der Waals surface area contributed by atoms with Crippen molar-refractivity contribution in [2.24, 2.45) is 0 Å². The predicted molar refractivity (Wildman–Crippen MR) is 69.3 cm³/mol. The first kappa shape index (κ1) is 13.5. The third-order valence-electron chi connectivity index (χ3n) is 2.30. The molecule has 0 aliphatic rings. The molecule has 1 N–H and O–H groups in total. The maximum Gasteiger partial charge on any atom is 0.246 e.